The molecule has 0 aliphatic carbocycles. The van der Waals surface area contributed by atoms with E-state index in [-0.39, 0.29) is 11.9 Å². The molecular formula is C27H28ClN7O2. The third kappa shape index (κ3) is 6.51. The molecule has 10 heteroatoms. The number of halogens is 1. The van der Waals surface area contributed by atoms with Crippen LogP contribution in [0.25, 0.3) is 11.1 Å². The predicted molar refractivity (Wildman–Crippen MR) is 143 cm³/mol. The lowest BCUT2D eigenvalue weighted by molar-refractivity contribution is 0.101. The monoisotopic (exact) mass is 517 g/mol. The van der Waals surface area contributed by atoms with E-state index in [1.807, 2.05) is 18.2 Å². The number of H-pyrrole nitrogens is 1. The van der Waals surface area contributed by atoms with Crippen molar-refractivity contribution in [3.05, 3.63) is 88.9 Å². The molecule has 37 heavy (non-hydrogen) atoms. The van der Waals surface area contributed by atoms with Crippen LogP contribution >= 0.6 is 11.6 Å². The number of para-hydroxylation sites is 1. The lowest BCUT2D eigenvalue weighted by atomic mass is 9.99. The fourth-order valence-corrected chi connectivity index (χ4v) is 4.56. The molecule has 0 unspecified atom stereocenters. The van der Waals surface area contributed by atoms with Crippen molar-refractivity contribution in [1.29, 1.82) is 0 Å². The van der Waals surface area contributed by atoms with Crippen molar-refractivity contribution in [3.8, 4) is 16.9 Å². The van der Waals surface area contributed by atoms with E-state index < -0.39 is 0 Å². The molecule has 1 aliphatic rings. The Balaban J connectivity index is 1.11. The summed E-state index contributed by atoms with van der Waals surface area (Å²) in [5.41, 5.74) is 4.17. The van der Waals surface area contributed by atoms with Gasteiger partial charge in [-0.2, -0.15) is 5.21 Å². The molecule has 1 saturated heterocycles. The lowest BCUT2D eigenvalue weighted by Gasteiger charge is -2.35. The Kier molecular flexibility index (Phi) is 8.05. The van der Waals surface area contributed by atoms with Gasteiger partial charge in [-0.1, -0.05) is 65.2 Å². The molecule has 1 amide bonds. The van der Waals surface area contributed by atoms with Crippen LogP contribution in [0.5, 0.6) is 5.75 Å². The zero-order valence-electron chi connectivity index (χ0n) is 20.3. The molecule has 9 nitrogen and oxygen atoms in total. The summed E-state index contributed by atoms with van der Waals surface area (Å²) in [7, 11) is 0. The number of nitrogens with one attached hydrogen (secondary N) is 2. The number of ether oxygens (including phenoxy) is 1. The highest BCUT2D eigenvalue weighted by Crippen LogP contribution is 2.26. The van der Waals surface area contributed by atoms with Crippen molar-refractivity contribution >= 4 is 23.5 Å². The summed E-state index contributed by atoms with van der Waals surface area (Å²) >= 11 is 6.08. The lowest BCUT2D eigenvalue weighted by Crippen LogP contribution is -2.47. The summed E-state index contributed by atoms with van der Waals surface area (Å²) in [5, 5.41) is 16.6. The van der Waals surface area contributed by atoms with E-state index in [1.165, 1.54) is 16.7 Å². The fraction of sp³-hybridized carbons (Fsp3) is 0.259. The average Bonchev–Trinajstić information content (AvgIpc) is 3.44. The quantitative estimate of drug-likeness (QED) is 0.346. The van der Waals surface area contributed by atoms with Crippen molar-refractivity contribution < 1.29 is 9.53 Å². The number of benzene rings is 3. The van der Waals surface area contributed by atoms with E-state index in [0.717, 1.165) is 44.3 Å². The molecule has 3 aromatic carbocycles. The molecule has 1 aromatic heterocycles. The summed E-state index contributed by atoms with van der Waals surface area (Å²) in [6, 6.07) is 23.7. The first-order valence-corrected chi connectivity index (χ1v) is 12.6. The molecule has 2 N–H and O–H groups in total. The normalized spacial score (nSPS) is 14.4. The van der Waals surface area contributed by atoms with Crippen LogP contribution in [0.2, 0.25) is 5.02 Å². The molecule has 5 rings (SSSR count). The number of aromatic amines is 1. The number of piperazine rings is 1. The minimum Gasteiger partial charge on any atom is -0.491 e. The molecule has 0 radical (unpaired) electrons. The Morgan fingerprint density at radius 1 is 0.946 bits per heavy atom. The first-order valence-electron chi connectivity index (χ1n) is 12.2. The highest BCUT2D eigenvalue weighted by molar-refractivity contribution is 6.30. The van der Waals surface area contributed by atoms with E-state index >= 15 is 0 Å². The zero-order valence-corrected chi connectivity index (χ0v) is 21.1. The van der Waals surface area contributed by atoms with Crippen LogP contribution in [0.3, 0.4) is 0 Å². The number of tetrazole rings is 1. The summed E-state index contributed by atoms with van der Waals surface area (Å²) < 4.78 is 5.99. The number of carbonyl (C=O) groups excluding carboxylic acids is 1. The van der Waals surface area contributed by atoms with Gasteiger partial charge in [-0.25, -0.2) is 0 Å². The van der Waals surface area contributed by atoms with Crippen molar-refractivity contribution in [2.24, 2.45) is 0 Å². The molecule has 4 aromatic rings. The predicted octanol–water partition coefficient (Wildman–Crippen LogP) is 3.97. The van der Waals surface area contributed by atoms with Crippen LogP contribution in [0.4, 0.5) is 5.95 Å². The first kappa shape index (κ1) is 24.9. The van der Waals surface area contributed by atoms with Gasteiger partial charge in [0.1, 0.15) is 12.4 Å². The van der Waals surface area contributed by atoms with Gasteiger partial charge in [0.05, 0.1) is 5.56 Å². The molecule has 190 valence electrons. The fourth-order valence-electron chi connectivity index (χ4n) is 4.43. The van der Waals surface area contributed by atoms with Gasteiger partial charge >= 0.3 is 0 Å². The summed E-state index contributed by atoms with van der Waals surface area (Å²) in [6.45, 7) is 6.09. The maximum Gasteiger partial charge on any atom is 0.270 e. The summed E-state index contributed by atoms with van der Waals surface area (Å²) in [4.78, 5) is 17.5. The Labute approximate surface area is 220 Å². The highest BCUT2D eigenvalue weighted by atomic mass is 35.5. The third-order valence-corrected chi connectivity index (χ3v) is 6.65. The highest BCUT2D eigenvalue weighted by Gasteiger charge is 2.19. The molecule has 1 aliphatic heterocycles. The molecule has 0 saturated carbocycles. The summed E-state index contributed by atoms with van der Waals surface area (Å²) in [5.74, 6) is 0.305. The number of hydrogen-bond donors (Lipinski definition) is 2. The minimum absolute atomic E-state index is 0.119. The Morgan fingerprint density at radius 2 is 1.68 bits per heavy atom. The number of hydrogen-bond acceptors (Lipinski definition) is 7. The van der Waals surface area contributed by atoms with E-state index in [2.05, 4.69) is 72.1 Å². The molecule has 2 heterocycles. The van der Waals surface area contributed by atoms with Crippen molar-refractivity contribution in [2.75, 3.05) is 44.6 Å². The van der Waals surface area contributed by atoms with E-state index in [4.69, 9.17) is 16.3 Å². The molecular weight excluding hydrogens is 490 g/mol. The van der Waals surface area contributed by atoms with Crippen molar-refractivity contribution in [1.82, 2.24) is 30.4 Å². The number of nitrogens with zero attached hydrogens (tertiary/aromatic N) is 5. The van der Waals surface area contributed by atoms with Gasteiger partial charge in [0.2, 0.25) is 0 Å². The second-order valence-corrected chi connectivity index (χ2v) is 9.25. The Morgan fingerprint density at radius 3 is 2.46 bits per heavy atom. The van der Waals surface area contributed by atoms with Crippen LogP contribution < -0.4 is 10.1 Å². The molecule has 1 fully saturated rings. The van der Waals surface area contributed by atoms with Crippen LogP contribution in [-0.2, 0) is 6.54 Å². The Bertz CT molecular complexity index is 1310. The van der Waals surface area contributed by atoms with Crippen molar-refractivity contribution in [2.45, 2.75) is 6.54 Å². The number of aromatic nitrogens is 4. The number of carbonyl (C=O) groups is 1. The van der Waals surface area contributed by atoms with Gasteiger partial charge in [-0.3, -0.25) is 19.9 Å². The number of rotatable bonds is 9. The third-order valence-electron chi connectivity index (χ3n) is 6.40. The van der Waals surface area contributed by atoms with Gasteiger partial charge in [0, 0.05) is 44.3 Å². The van der Waals surface area contributed by atoms with Gasteiger partial charge in [-0.15, -0.1) is 5.10 Å². The second kappa shape index (κ2) is 12.0. The van der Waals surface area contributed by atoms with Crippen LogP contribution in [0.15, 0.2) is 72.8 Å². The summed E-state index contributed by atoms with van der Waals surface area (Å²) in [6.07, 6.45) is 0. The van der Waals surface area contributed by atoms with Gasteiger partial charge in [-0.05, 0) is 46.2 Å². The molecule has 0 bridgehead atoms. The molecule has 0 spiro atoms. The van der Waals surface area contributed by atoms with Crippen LogP contribution in [-0.4, -0.2) is 75.7 Å². The SMILES string of the molecule is O=C(Nc1nn[nH]n1)c1ccccc1OCCN1CCN(Cc2ccccc2-c2ccc(Cl)cc2)CC1. The van der Waals surface area contributed by atoms with E-state index in [1.54, 1.807) is 18.2 Å². The maximum absolute atomic E-state index is 12.6. The minimum atomic E-state index is -0.343. The number of anilines is 1. The number of amides is 1. The average molecular weight is 518 g/mol. The smallest absolute Gasteiger partial charge is 0.270 e. The second-order valence-electron chi connectivity index (χ2n) is 8.82. The van der Waals surface area contributed by atoms with Gasteiger partial charge in [0.25, 0.3) is 11.9 Å². The van der Waals surface area contributed by atoms with Gasteiger partial charge in [0.15, 0.2) is 0 Å². The zero-order chi connectivity index (χ0) is 25.5. The first-order chi connectivity index (χ1) is 18.2. The van der Waals surface area contributed by atoms with Crippen molar-refractivity contribution in [3.63, 3.8) is 0 Å². The Hall–Kier alpha value is -3.79. The maximum atomic E-state index is 12.6. The topological polar surface area (TPSA) is 99.3 Å². The molecule has 0 atom stereocenters. The van der Waals surface area contributed by atoms with Gasteiger partial charge < -0.3 is 4.74 Å². The van der Waals surface area contributed by atoms with Crippen LogP contribution in [0.1, 0.15) is 15.9 Å². The standard InChI is InChI=1S/C27H28ClN7O2/c28-22-11-9-20(10-12-22)23-6-2-1-5-21(23)19-35-15-13-34(14-16-35)17-18-37-25-8-4-3-7-24(25)26(36)29-27-30-32-33-31-27/h1-12H,13-19H2,(H2,29,30,31,32,33,36). The van der Waals surface area contributed by atoms with Crippen LogP contribution in [0, 0.1) is 0 Å². The van der Waals surface area contributed by atoms with E-state index in [9.17, 15) is 4.79 Å². The largest absolute Gasteiger partial charge is 0.491 e. The van der Waals surface area contributed by atoms with E-state index in [0.29, 0.717) is 17.9 Å².